The quantitative estimate of drug-likeness (QED) is 0.498. The SMILES string of the molecule is COc1ccc(-c2ccc3c(c2)COC3=O)c(OC)c1OCc1ccc(S(C)(=O)=O)cc1. The Morgan fingerprint density at radius 3 is 2.28 bits per heavy atom. The summed E-state index contributed by atoms with van der Waals surface area (Å²) in [5.74, 6) is 1.09. The van der Waals surface area contributed by atoms with Gasteiger partial charge in [-0.3, -0.25) is 0 Å². The zero-order valence-corrected chi connectivity index (χ0v) is 18.7. The van der Waals surface area contributed by atoms with E-state index in [4.69, 9.17) is 18.9 Å². The molecule has 0 amide bonds. The Hall–Kier alpha value is -3.52. The van der Waals surface area contributed by atoms with Crippen molar-refractivity contribution in [3.8, 4) is 28.4 Å². The lowest BCUT2D eigenvalue weighted by molar-refractivity contribution is 0.0535. The van der Waals surface area contributed by atoms with E-state index in [1.807, 2.05) is 18.2 Å². The van der Waals surface area contributed by atoms with Crippen molar-refractivity contribution in [1.82, 2.24) is 0 Å². The molecule has 0 fully saturated rings. The van der Waals surface area contributed by atoms with E-state index in [2.05, 4.69) is 0 Å². The van der Waals surface area contributed by atoms with Crippen LogP contribution in [0.1, 0.15) is 21.5 Å². The molecule has 0 unspecified atom stereocenters. The van der Waals surface area contributed by atoms with E-state index in [-0.39, 0.29) is 24.1 Å². The standard InChI is InChI=1S/C24H22O7S/c1-28-21-11-10-19(16-6-9-20-17(12-16)14-31-24(20)25)22(29-2)23(21)30-13-15-4-7-18(8-5-15)32(3,26)27/h4-12H,13-14H2,1-3H3. The topological polar surface area (TPSA) is 88.1 Å². The minimum Gasteiger partial charge on any atom is -0.493 e. The minimum absolute atomic E-state index is 0.187. The highest BCUT2D eigenvalue weighted by Gasteiger charge is 2.23. The van der Waals surface area contributed by atoms with Gasteiger partial charge in [0.05, 0.1) is 24.7 Å². The molecule has 1 aliphatic rings. The Morgan fingerprint density at radius 2 is 1.62 bits per heavy atom. The normalized spacial score (nSPS) is 12.8. The summed E-state index contributed by atoms with van der Waals surface area (Å²) < 4.78 is 45.6. The number of carbonyl (C=O) groups excluding carboxylic acids is 1. The van der Waals surface area contributed by atoms with Crippen LogP contribution in [0.2, 0.25) is 0 Å². The lowest BCUT2D eigenvalue weighted by atomic mass is 9.99. The van der Waals surface area contributed by atoms with Gasteiger partial charge in [-0.15, -0.1) is 0 Å². The first-order valence-corrected chi connectivity index (χ1v) is 11.7. The zero-order chi connectivity index (χ0) is 22.9. The molecule has 4 rings (SSSR count). The second kappa shape index (κ2) is 8.55. The molecule has 0 spiro atoms. The summed E-state index contributed by atoms with van der Waals surface area (Å²) in [4.78, 5) is 12.0. The number of carbonyl (C=O) groups is 1. The van der Waals surface area contributed by atoms with Crippen molar-refractivity contribution in [1.29, 1.82) is 0 Å². The van der Waals surface area contributed by atoms with E-state index in [1.165, 1.54) is 6.26 Å². The van der Waals surface area contributed by atoms with Crippen LogP contribution in [-0.2, 0) is 27.8 Å². The number of methoxy groups -OCH3 is 2. The van der Waals surface area contributed by atoms with Crippen molar-refractivity contribution in [2.75, 3.05) is 20.5 Å². The summed E-state index contributed by atoms with van der Waals surface area (Å²) >= 11 is 0. The fraction of sp³-hybridized carbons (Fsp3) is 0.208. The van der Waals surface area contributed by atoms with Gasteiger partial charge < -0.3 is 18.9 Å². The van der Waals surface area contributed by atoms with Gasteiger partial charge >= 0.3 is 5.97 Å². The molecule has 0 radical (unpaired) electrons. The van der Waals surface area contributed by atoms with Gasteiger partial charge in [0.15, 0.2) is 21.3 Å². The number of sulfone groups is 1. The molecular weight excluding hydrogens is 432 g/mol. The summed E-state index contributed by atoms with van der Waals surface area (Å²) in [6.45, 7) is 0.431. The molecule has 0 saturated carbocycles. The second-order valence-electron chi connectivity index (χ2n) is 7.33. The van der Waals surface area contributed by atoms with E-state index in [9.17, 15) is 13.2 Å². The number of hydrogen-bond donors (Lipinski definition) is 0. The molecule has 3 aromatic carbocycles. The van der Waals surface area contributed by atoms with Crippen LogP contribution in [0.25, 0.3) is 11.1 Å². The maximum Gasteiger partial charge on any atom is 0.338 e. The molecule has 0 atom stereocenters. The highest BCUT2D eigenvalue weighted by atomic mass is 32.2. The molecule has 0 N–H and O–H groups in total. The van der Waals surface area contributed by atoms with Gasteiger partial charge in [0.1, 0.15) is 13.2 Å². The number of ether oxygens (including phenoxy) is 4. The van der Waals surface area contributed by atoms with Crippen molar-refractivity contribution in [3.05, 3.63) is 71.3 Å². The Labute approximate surface area is 186 Å². The maximum atomic E-state index is 11.8. The van der Waals surface area contributed by atoms with Gasteiger partial charge in [0.2, 0.25) is 5.75 Å². The molecule has 0 saturated heterocycles. The highest BCUT2D eigenvalue weighted by Crippen LogP contribution is 2.45. The Morgan fingerprint density at radius 1 is 0.906 bits per heavy atom. The predicted molar refractivity (Wildman–Crippen MR) is 118 cm³/mol. The Bertz CT molecular complexity index is 1280. The highest BCUT2D eigenvalue weighted by molar-refractivity contribution is 7.90. The summed E-state index contributed by atoms with van der Waals surface area (Å²) in [6, 6.07) is 15.6. The average Bonchev–Trinajstić information content (AvgIpc) is 3.16. The summed E-state index contributed by atoms with van der Waals surface area (Å²) in [5.41, 5.74) is 3.80. The van der Waals surface area contributed by atoms with Gasteiger partial charge in [-0.25, -0.2) is 13.2 Å². The van der Waals surface area contributed by atoms with Gasteiger partial charge in [-0.2, -0.15) is 0 Å². The van der Waals surface area contributed by atoms with Gasteiger partial charge in [-0.1, -0.05) is 18.2 Å². The smallest absolute Gasteiger partial charge is 0.338 e. The molecule has 0 aliphatic carbocycles. The van der Waals surface area contributed by atoms with Crippen LogP contribution in [0, 0.1) is 0 Å². The summed E-state index contributed by atoms with van der Waals surface area (Å²) in [6.07, 6.45) is 1.17. The number of benzene rings is 3. The molecule has 1 heterocycles. The first-order chi connectivity index (χ1) is 15.3. The molecule has 0 aromatic heterocycles. The molecule has 0 bridgehead atoms. The fourth-order valence-electron chi connectivity index (χ4n) is 3.56. The van der Waals surface area contributed by atoms with Gasteiger partial charge in [0, 0.05) is 17.4 Å². The molecule has 8 heteroatoms. The third kappa shape index (κ3) is 4.13. The van der Waals surface area contributed by atoms with Crippen molar-refractivity contribution in [3.63, 3.8) is 0 Å². The van der Waals surface area contributed by atoms with Gasteiger partial charge in [0.25, 0.3) is 0 Å². The molecule has 7 nitrogen and oxygen atoms in total. The van der Waals surface area contributed by atoms with Crippen LogP contribution >= 0.6 is 0 Å². The lowest BCUT2D eigenvalue weighted by Gasteiger charge is -2.18. The average molecular weight is 455 g/mol. The van der Waals surface area contributed by atoms with Crippen molar-refractivity contribution in [2.45, 2.75) is 18.1 Å². The van der Waals surface area contributed by atoms with E-state index < -0.39 is 9.84 Å². The van der Waals surface area contributed by atoms with Crippen LogP contribution in [0.5, 0.6) is 17.2 Å². The van der Waals surface area contributed by atoms with Crippen LogP contribution in [0.3, 0.4) is 0 Å². The molecule has 3 aromatic rings. The number of fused-ring (bicyclic) bond motifs is 1. The van der Waals surface area contributed by atoms with Crippen LogP contribution in [0.4, 0.5) is 0 Å². The van der Waals surface area contributed by atoms with E-state index >= 15 is 0 Å². The maximum absolute atomic E-state index is 11.8. The summed E-state index contributed by atoms with van der Waals surface area (Å²) in [7, 11) is -0.173. The Balaban J connectivity index is 1.67. The first-order valence-electron chi connectivity index (χ1n) is 9.79. The van der Waals surface area contributed by atoms with Crippen molar-refractivity contribution < 1.29 is 32.2 Å². The number of hydrogen-bond acceptors (Lipinski definition) is 7. The van der Waals surface area contributed by atoms with Gasteiger partial charge in [-0.05, 0) is 47.5 Å². The largest absolute Gasteiger partial charge is 0.493 e. The molecule has 166 valence electrons. The van der Waals surface area contributed by atoms with Crippen molar-refractivity contribution in [2.24, 2.45) is 0 Å². The summed E-state index contributed by atoms with van der Waals surface area (Å²) in [5, 5.41) is 0. The monoisotopic (exact) mass is 454 g/mol. The number of rotatable bonds is 7. The molecule has 1 aliphatic heterocycles. The third-order valence-corrected chi connectivity index (χ3v) is 6.36. The van der Waals surface area contributed by atoms with Crippen LogP contribution in [0.15, 0.2) is 59.5 Å². The van der Waals surface area contributed by atoms with Crippen molar-refractivity contribution >= 4 is 15.8 Å². The zero-order valence-electron chi connectivity index (χ0n) is 17.9. The molecular formula is C24H22O7S. The Kier molecular flexibility index (Phi) is 5.80. The molecule has 32 heavy (non-hydrogen) atoms. The lowest BCUT2D eigenvalue weighted by Crippen LogP contribution is -2.02. The fourth-order valence-corrected chi connectivity index (χ4v) is 4.19. The number of cyclic esters (lactones) is 1. The van der Waals surface area contributed by atoms with E-state index in [0.717, 1.165) is 22.3 Å². The van der Waals surface area contributed by atoms with E-state index in [1.54, 1.807) is 50.6 Å². The third-order valence-electron chi connectivity index (χ3n) is 5.23. The number of esters is 1. The minimum atomic E-state index is -3.26. The van der Waals surface area contributed by atoms with E-state index in [0.29, 0.717) is 22.8 Å². The first kappa shape index (κ1) is 21.7. The van der Waals surface area contributed by atoms with Crippen LogP contribution < -0.4 is 14.2 Å². The van der Waals surface area contributed by atoms with Crippen LogP contribution in [-0.4, -0.2) is 34.9 Å². The predicted octanol–water partition coefficient (Wildman–Crippen LogP) is 4.02. The second-order valence-corrected chi connectivity index (χ2v) is 9.35.